The number of rotatable bonds is 11. The normalized spacial score (nSPS) is 14.5. The Bertz CT molecular complexity index is 2050. The summed E-state index contributed by atoms with van der Waals surface area (Å²) in [7, 11) is 0. The molecule has 0 saturated heterocycles. The number of benzene rings is 4. The van der Waals surface area contributed by atoms with E-state index in [1.807, 2.05) is 67.6 Å². The van der Waals surface area contributed by atoms with Crippen LogP contribution in [0.5, 0.6) is 0 Å². The Morgan fingerprint density at radius 1 is 0.920 bits per heavy atom. The Balaban J connectivity index is 1.14. The molecular formula is C41H36N4O3S2. The molecule has 1 heterocycles. The molecule has 0 saturated carbocycles. The molecule has 250 valence electrons. The predicted molar refractivity (Wildman–Crippen MR) is 202 cm³/mol. The van der Waals surface area contributed by atoms with E-state index in [0.29, 0.717) is 34.2 Å². The molecule has 2 atom stereocenters. The van der Waals surface area contributed by atoms with Gasteiger partial charge in [-0.1, -0.05) is 91.9 Å². The zero-order valence-corrected chi connectivity index (χ0v) is 29.2. The van der Waals surface area contributed by atoms with Gasteiger partial charge >= 0.3 is 0 Å². The van der Waals surface area contributed by atoms with Crippen molar-refractivity contribution in [3.63, 3.8) is 0 Å². The monoisotopic (exact) mass is 696 g/mol. The number of thioether (sulfide) groups is 1. The summed E-state index contributed by atoms with van der Waals surface area (Å²) in [5.74, 6) is -0.649. The van der Waals surface area contributed by atoms with Crippen molar-refractivity contribution < 1.29 is 14.4 Å². The molecule has 0 radical (unpaired) electrons. The van der Waals surface area contributed by atoms with Crippen LogP contribution in [0.15, 0.2) is 126 Å². The molecule has 50 heavy (non-hydrogen) atoms. The van der Waals surface area contributed by atoms with E-state index in [1.165, 1.54) is 33.5 Å². The van der Waals surface area contributed by atoms with Crippen LogP contribution in [0.25, 0.3) is 6.08 Å². The van der Waals surface area contributed by atoms with Crippen molar-refractivity contribution in [3.05, 3.63) is 154 Å². The van der Waals surface area contributed by atoms with Crippen molar-refractivity contribution in [3.8, 4) is 6.07 Å². The third kappa shape index (κ3) is 8.40. The fourth-order valence-electron chi connectivity index (χ4n) is 5.98. The highest BCUT2D eigenvalue weighted by atomic mass is 32.2. The lowest BCUT2D eigenvalue weighted by atomic mass is 9.83. The Morgan fingerprint density at radius 3 is 2.32 bits per heavy atom. The second-order valence-corrected chi connectivity index (χ2v) is 14.3. The van der Waals surface area contributed by atoms with E-state index >= 15 is 0 Å². The molecule has 2 unspecified atom stereocenters. The number of nitrogens with one attached hydrogen (secondary N) is 3. The average molecular weight is 697 g/mol. The molecule has 3 N–H and O–H groups in total. The summed E-state index contributed by atoms with van der Waals surface area (Å²) in [4.78, 5) is 42.1. The minimum Gasteiger partial charge on any atom is -0.321 e. The molecule has 0 fully saturated rings. The first-order valence-electron chi connectivity index (χ1n) is 16.5. The van der Waals surface area contributed by atoms with Gasteiger partial charge in [-0.3, -0.25) is 14.4 Å². The maximum atomic E-state index is 13.6. The Morgan fingerprint density at radius 2 is 1.62 bits per heavy atom. The fourth-order valence-corrected chi connectivity index (χ4v) is 8.28. The number of hydrogen-bond donors (Lipinski definition) is 3. The smallest absolute Gasteiger partial charge is 0.272 e. The molecule has 0 spiro atoms. The predicted octanol–water partition coefficient (Wildman–Crippen LogP) is 8.81. The van der Waals surface area contributed by atoms with E-state index in [2.05, 4.69) is 46.3 Å². The highest BCUT2D eigenvalue weighted by Gasteiger charge is 2.28. The first-order chi connectivity index (χ1) is 24.4. The molecule has 0 aliphatic heterocycles. The zero-order chi connectivity index (χ0) is 34.9. The van der Waals surface area contributed by atoms with Gasteiger partial charge in [0.2, 0.25) is 5.91 Å². The SMILES string of the molecule is CCC(Sc1cccc(NC(=O)/C(=C/c2ccccc2)NC(=O)c2ccccc2)c1)C(=O)Nc1sc2c(c1C#N)CCC(c1ccccc1)C2. The maximum absolute atomic E-state index is 13.6. The number of amides is 3. The minimum absolute atomic E-state index is 0.0935. The fraction of sp³-hybridized carbons (Fsp3) is 0.171. The van der Waals surface area contributed by atoms with Gasteiger partial charge in [0, 0.05) is 21.0 Å². The van der Waals surface area contributed by atoms with Crippen molar-refractivity contribution in [2.24, 2.45) is 0 Å². The van der Waals surface area contributed by atoms with Gasteiger partial charge in [-0.25, -0.2) is 0 Å². The van der Waals surface area contributed by atoms with Crippen LogP contribution in [0.3, 0.4) is 0 Å². The molecule has 1 aliphatic carbocycles. The Kier molecular flexibility index (Phi) is 11.2. The standard InChI is InChI=1S/C41H36N4O3S2/c1-2-36(40(48)45-41-34(26-42)33-22-21-30(24-37(33)50-41)28-15-8-4-9-16-28)49-32-20-12-19-31(25-32)43-39(47)35(23-27-13-6-3-7-14-27)44-38(46)29-17-10-5-11-18-29/h3-20,23,25,30,36H,2,21-22,24H2,1H3,(H,43,47)(H,44,46)(H,45,48)/b35-23-. The van der Waals surface area contributed by atoms with E-state index in [9.17, 15) is 19.6 Å². The van der Waals surface area contributed by atoms with Gasteiger partial charge in [0.15, 0.2) is 0 Å². The maximum Gasteiger partial charge on any atom is 0.272 e. The van der Waals surface area contributed by atoms with Gasteiger partial charge in [-0.2, -0.15) is 5.26 Å². The lowest BCUT2D eigenvalue weighted by molar-refractivity contribution is -0.116. The number of nitriles is 1. The van der Waals surface area contributed by atoms with Crippen molar-refractivity contribution in [1.82, 2.24) is 5.32 Å². The van der Waals surface area contributed by atoms with E-state index in [-0.39, 0.29) is 11.6 Å². The van der Waals surface area contributed by atoms with Crippen LogP contribution in [0, 0.1) is 11.3 Å². The number of thiophene rings is 1. The lowest BCUT2D eigenvalue weighted by Gasteiger charge is -2.22. The number of carbonyl (C=O) groups excluding carboxylic acids is 3. The van der Waals surface area contributed by atoms with Gasteiger partial charge in [-0.05, 0) is 84.7 Å². The molecule has 0 bridgehead atoms. The van der Waals surface area contributed by atoms with E-state index in [4.69, 9.17) is 0 Å². The topological polar surface area (TPSA) is 111 Å². The molecule has 5 aromatic rings. The van der Waals surface area contributed by atoms with Crippen molar-refractivity contribution >= 4 is 57.6 Å². The van der Waals surface area contributed by atoms with Crippen LogP contribution in [0.1, 0.15) is 63.2 Å². The summed E-state index contributed by atoms with van der Waals surface area (Å²) in [5, 5.41) is 19.0. The first-order valence-corrected chi connectivity index (χ1v) is 18.2. The highest BCUT2D eigenvalue weighted by molar-refractivity contribution is 8.00. The number of anilines is 2. The number of fused-ring (bicyclic) bond motifs is 1. The quantitative estimate of drug-likeness (QED) is 0.0945. The third-order valence-corrected chi connectivity index (χ3v) is 11.1. The third-order valence-electron chi connectivity index (χ3n) is 8.56. The van der Waals surface area contributed by atoms with Crippen molar-refractivity contribution in [1.29, 1.82) is 5.26 Å². The molecule has 7 nitrogen and oxygen atoms in total. The largest absolute Gasteiger partial charge is 0.321 e. The summed E-state index contributed by atoms with van der Waals surface area (Å²) in [5.41, 5.74) is 4.75. The Labute approximate surface area is 300 Å². The average Bonchev–Trinajstić information content (AvgIpc) is 3.50. The zero-order valence-electron chi connectivity index (χ0n) is 27.5. The molecule has 1 aliphatic rings. The molecule has 3 amide bonds. The van der Waals surface area contributed by atoms with Crippen LogP contribution in [0.2, 0.25) is 0 Å². The summed E-state index contributed by atoms with van der Waals surface area (Å²) >= 11 is 2.91. The van der Waals surface area contributed by atoms with Crippen LogP contribution in [-0.4, -0.2) is 23.0 Å². The molecule has 9 heteroatoms. The first kappa shape index (κ1) is 34.4. The molecule has 4 aromatic carbocycles. The van der Waals surface area contributed by atoms with Crippen LogP contribution < -0.4 is 16.0 Å². The van der Waals surface area contributed by atoms with E-state index < -0.39 is 17.1 Å². The van der Waals surface area contributed by atoms with Gasteiger partial charge < -0.3 is 16.0 Å². The number of nitrogens with zero attached hydrogens (tertiary/aromatic N) is 1. The molecule has 6 rings (SSSR count). The molecule has 1 aromatic heterocycles. The van der Waals surface area contributed by atoms with Crippen molar-refractivity contribution in [2.75, 3.05) is 10.6 Å². The van der Waals surface area contributed by atoms with Crippen LogP contribution in [-0.2, 0) is 22.4 Å². The summed E-state index contributed by atoms with van der Waals surface area (Å²) in [6.45, 7) is 1.95. The van der Waals surface area contributed by atoms with Gasteiger partial charge in [0.05, 0.1) is 10.8 Å². The second-order valence-electron chi connectivity index (χ2n) is 11.9. The Hall–Kier alpha value is -5.43. The van der Waals surface area contributed by atoms with Crippen LogP contribution >= 0.6 is 23.1 Å². The minimum atomic E-state index is -0.481. The summed E-state index contributed by atoms with van der Waals surface area (Å²) < 4.78 is 0. The lowest BCUT2D eigenvalue weighted by Crippen LogP contribution is -2.30. The number of hydrogen-bond acceptors (Lipinski definition) is 6. The second kappa shape index (κ2) is 16.3. The number of carbonyl (C=O) groups is 3. The van der Waals surface area contributed by atoms with Crippen molar-refractivity contribution in [2.45, 2.75) is 48.7 Å². The van der Waals surface area contributed by atoms with Gasteiger partial charge in [-0.15, -0.1) is 23.1 Å². The highest BCUT2D eigenvalue weighted by Crippen LogP contribution is 2.42. The molecular weight excluding hydrogens is 661 g/mol. The van der Waals surface area contributed by atoms with E-state index in [1.54, 1.807) is 36.4 Å². The van der Waals surface area contributed by atoms with Crippen LogP contribution in [0.4, 0.5) is 10.7 Å². The van der Waals surface area contributed by atoms with Gasteiger partial charge in [0.1, 0.15) is 16.8 Å². The van der Waals surface area contributed by atoms with Gasteiger partial charge in [0.25, 0.3) is 11.8 Å². The van der Waals surface area contributed by atoms with E-state index in [0.717, 1.165) is 35.3 Å². The summed E-state index contributed by atoms with van der Waals surface area (Å²) in [6.07, 6.45) is 4.83. The summed E-state index contributed by atoms with van der Waals surface area (Å²) in [6, 6.07) is 38.1.